The average Bonchev–Trinajstić information content (AvgIpc) is 2.44. The van der Waals surface area contributed by atoms with Crippen molar-refractivity contribution in [1.29, 1.82) is 0 Å². The van der Waals surface area contributed by atoms with E-state index in [4.69, 9.17) is 23.2 Å². The molecule has 0 amide bonds. The van der Waals surface area contributed by atoms with Crippen LogP contribution in [0.2, 0.25) is 10.0 Å². The van der Waals surface area contributed by atoms with Gasteiger partial charge in [0.25, 0.3) is 10.0 Å². The van der Waals surface area contributed by atoms with Crippen molar-refractivity contribution < 1.29 is 12.8 Å². The van der Waals surface area contributed by atoms with Crippen LogP contribution in [0.15, 0.2) is 41.3 Å². The second kappa shape index (κ2) is 6.52. The van der Waals surface area contributed by atoms with Gasteiger partial charge in [-0.3, -0.25) is 4.72 Å². The molecule has 2 rings (SSSR count). The van der Waals surface area contributed by atoms with Gasteiger partial charge < -0.3 is 0 Å². The maximum absolute atomic E-state index is 13.6. The second-order valence-electron chi connectivity index (χ2n) is 4.11. The van der Waals surface area contributed by atoms with E-state index < -0.39 is 20.9 Å². The number of halogens is 4. The van der Waals surface area contributed by atoms with Crippen LogP contribution in [0, 0.1) is 5.82 Å². The van der Waals surface area contributed by atoms with Crippen molar-refractivity contribution in [1.82, 2.24) is 0 Å². The molecule has 0 aliphatic heterocycles. The van der Waals surface area contributed by atoms with Crippen molar-refractivity contribution in [2.75, 3.05) is 4.72 Å². The van der Waals surface area contributed by atoms with Crippen molar-refractivity contribution in [2.24, 2.45) is 0 Å². The minimum atomic E-state index is -4.00. The van der Waals surface area contributed by atoms with Crippen molar-refractivity contribution in [3.8, 4) is 0 Å². The monoisotopic (exact) mass is 411 g/mol. The minimum Gasteiger partial charge on any atom is -0.280 e. The molecule has 0 saturated carbocycles. The topological polar surface area (TPSA) is 46.2 Å². The van der Waals surface area contributed by atoms with Gasteiger partial charge in [-0.25, -0.2) is 12.8 Å². The highest BCUT2D eigenvalue weighted by atomic mass is 79.9. The van der Waals surface area contributed by atoms with Crippen LogP contribution < -0.4 is 4.72 Å². The Labute approximate surface area is 140 Å². The lowest BCUT2D eigenvalue weighted by molar-refractivity contribution is 0.595. The molecule has 0 atom stereocenters. The molecule has 0 fully saturated rings. The molecule has 0 aliphatic rings. The van der Waals surface area contributed by atoms with Gasteiger partial charge >= 0.3 is 0 Å². The zero-order valence-electron chi connectivity index (χ0n) is 10.4. The average molecular weight is 413 g/mol. The standard InChI is InChI=1S/C13H9BrCl2FNO2S/c14-7-8-2-1-3-9(6-8)18-21(19,20)11-5-4-10(15)13(17)12(11)16/h1-6,18H,7H2. The Bertz CT molecular complexity index is 784. The van der Waals surface area contributed by atoms with Crippen LogP contribution >= 0.6 is 39.1 Å². The van der Waals surface area contributed by atoms with Gasteiger partial charge in [0.05, 0.1) is 10.0 Å². The van der Waals surface area contributed by atoms with Gasteiger partial charge in [-0.1, -0.05) is 51.3 Å². The summed E-state index contributed by atoms with van der Waals surface area (Å²) in [6.45, 7) is 0. The van der Waals surface area contributed by atoms with Crippen molar-refractivity contribution >= 4 is 54.8 Å². The molecular formula is C13H9BrCl2FNO2S. The zero-order chi connectivity index (χ0) is 15.6. The first kappa shape index (κ1) is 16.5. The fraction of sp³-hybridized carbons (Fsp3) is 0.0769. The SMILES string of the molecule is O=S(=O)(Nc1cccc(CBr)c1)c1ccc(Cl)c(F)c1Cl. The molecule has 0 heterocycles. The van der Waals surface area contributed by atoms with E-state index in [1.165, 1.54) is 0 Å². The highest BCUT2D eigenvalue weighted by Crippen LogP contribution is 2.30. The van der Waals surface area contributed by atoms with E-state index >= 15 is 0 Å². The Morgan fingerprint density at radius 3 is 2.57 bits per heavy atom. The highest BCUT2D eigenvalue weighted by molar-refractivity contribution is 9.08. The molecule has 0 saturated heterocycles. The van der Waals surface area contributed by atoms with E-state index in [9.17, 15) is 12.8 Å². The first-order valence-corrected chi connectivity index (χ1v) is 9.02. The smallest absolute Gasteiger partial charge is 0.263 e. The van der Waals surface area contributed by atoms with Crippen LogP contribution in [-0.2, 0) is 15.4 Å². The molecule has 8 heteroatoms. The summed E-state index contributed by atoms with van der Waals surface area (Å²) in [6, 6.07) is 9.09. The van der Waals surface area contributed by atoms with Crippen molar-refractivity contribution in [3.63, 3.8) is 0 Å². The first-order chi connectivity index (χ1) is 9.85. The van der Waals surface area contributed by atoms with E-state index in [-0.39, 0.29) is 9.92 Å². The maximum Gasteiger partial charge on any atom is 0.263 e. The first-order valence-electron chi connectivity index (χ1n) is 5.66. The summed E-state index contributed by atoms with van der Waals surface area (Å²) in [5.74, 6) is -0.963. The Balaban J connectivity index is 2.41. The van der Waals surface area contributed by atoms with Gasteiger partial charge in [-0.15, -0.1) is 0 Å². The summed E-state index contributed by atoms with van der Waals surface area (Å²) in [5.41, 5.74) is 1.25. The molecule has 112 valence electrons. The number of benzene rings is 2. The Hall–Kier alpha value is -0.820. The number of hydrogen-bond donors (Lipinski definition) is 1. The van der Waals surface area contributed by atoms with Gasteiger partial charge in [0.1, 0.15) is 4.90 Å². The lowest BCUT2D eigenvalue weighted by atomic mass is 10.2. The fourth-order valence-corrected chi connectivity index (χ4v) is 3.79. The van der Waals surface area contributed by atoms with E-state index in [2.05, 4.69) is 20.7 Å². The predicted molar refractivity (Wildman–Crippen MR) is 86.3 cm³/mol. The van der Waals surface area contributed by atoms with Gasteiger partial charge in [-0.2, -0.15) is 0 Å². The van der Waals surface area contributed by atoms with Crippen LogP contribution in [-0.4, -0.2) is 8.42 Å². The molecule has 2 aromatic carbocycles. The third-order valence-electron chi connectivity index (χ3n) is 2.62. The number of alkyl halides is 1. The summed E-state index contributed by atoms with van der Waals surface area (Å²) < 4.78 is 40.5. The number of hydrogen-bond acceptors (Lipinski definition) is 2. The molecule has 21 heavy (non-hydrogen) atoms. The summed E-state index contributed by atoms with van der Waals surface area (Å²) in [4.78, 5) is -0.365. The number of rotatable bonds is 4. The van der Waals surface area contributed by atoms with E-state index in [1.807, 2.05) is 6.07 Å². The van der Waals surface area contributed by atoms with E-state index in [0.717, 1.165) is 17.7 Å². The van der Waals surface area contributed by atoms with E-state index in [0.29, 0.717) is 11.0 Å². The molecule has 0 radical (unpaired) electrons. The quantitative estimate of drug-likeness (QED) is 0.577. The van der Waals surface area contributed by atoms with Crippen LogP contribution in [0.5, 0.6) is 0 Å². The van der Waals surface area contributed by atoms with Crippen LogP contribution in [0.4, 0.5) is 10.1 Å². The highest BCUT2D eigenvalue weighted by Gasteiger charge is 2.22. The van der Waals surface area contributed by atoms with Crippen LogP contribution in [0.3, 0.4) is 0 Å². The third-order valence-corrected chi connectivity index (χ3v) is 5.47. The normalized spacial score (nSPS) is 11.4. The summed E-state index contributed by atoms with van der Waals surface area (Å²) in [5, 5.41) is -0.189. The van der Waals surface area contributed by atoms with Gasteiger partial charge in [0.2, 0.25) is 0 Å². The third kappa shape index (κ3) is 3.69. The molecule has 1 N–H and O–H groups in total. The summed E-state index contributed by atoms with van der Waals surface area (Å²) in [7, 11) is -4.00. The predicted octanol–water partition coefficient (Wildman–Crippen LogP) is 4.83. The van der Waals surface area contributed by atoms with Crippen LogP contribution in [0.1, 0.15) is 5.56 Å². The van der Waals surface area contributed by atoms with Gasteiger partial charge in [0, 0.05) is 11.0 Å². The molecule has 0 spiro atoms. The molecule has 0 unspecified atom stereocenters. The Kier molecular flexibility index (Phi) is 5.14. The van der Waals surface area contributed by atoms with Gasteiger partial charge in [0.15, 0.2) is 5.82 Å². The van der Waals surface area contributed by atoms with Crippen LogP contribution in [0.25, 0.3) is 0 Å². The summed E-state index contributed by atoms with van der Waals surface area (Å²) in [6.07, 6.45) is 0. The fourth-order valence-electron chi connectivity index (χ4n) is 1.64. The summed E-state index contributed by atoms with van der Waals surface area (Å²) >= 11 is 14.6. The number of anilines is 1. The largest absolute Gasteiger partial charge is 0.280 e. The maximum atomic E-state index is 13.6. The molecule has 3 nitrogen and oxygen atoms in total. The lowest BCUT2D eigenvalue weighted by Crippen LogP contribution is -2.14. The van der Waals surface area contributed by atoms with E-state index in [1.54, 1.807) is 18.2 Å². The molecule has 2 aromatic rings. The Morgan fingerprint density at radius 2 is 1.90 bits per heavy atom. The van der Waals surface area contributed by atoms with Gasteiger partial charge in [-0.05, 0) is 29.8 Å². The molecule has 0 bridgehead atoms. The van der Waals surface area contributed by atoms with Crippen molar-refractivity contribution in [3.05, 3.63) is 57.8 Å². The lowest BCUT2D eigenvalue weighted by Gasteiger charge is -2.11. The molecular weight excluding hydrogens is 404 g/mol. The second-order valence-corrected chi connectivity index (χ2v) is 7.11. The number of sulfonamides is 1. The number of nitrogens with one attached hydrogen (secondary N) is 1. The zero-order valence-corrected chi connectivity index (χ0v) is 14.3. The molecule has 0 aromatic heterocycles. The molecule has 0 aliphatic carbocycles. The van der Waals surface area contributed by atoms with Crippen molar-refractivity contribution in [2.45, 2.75) is 10.2 Å². The Morgan fingerprint density at radius 1 is 1.19 bits per heavy atom. The minimum absolute atomic E-state index is 0.236.